The van der Waals surface area contributed by atoms with Crippen molar-refractivity contribution in [1.29, 1.82) is 0 Å². The molecule has 3 rings (SSSR count). The number of carbonyl (C=O) groups excluding carboxylic acids is 1. The van der Waals surface area contributed by atoms with Crippen LogP contribution in [0.15, 0.2) is 60.4 Å². The second-order valence-electron chi connectivity index (χ2n) is 5.34. The summed E-state index contributed by atoms with van der Waals surface area (Å²) in [6.07, 6.45) is 4.91. The van der Waals surface area contributed by atoms with Crippen LogP contribution in [0, 0.1) is 0 Å². The molecular formula is C20H19NO4. The third-order valence-electron chi connectivity index (χ3n) is 3.66. The third-order valence-corrected chi connectivity index (χ3v) is 3.66. The van der Waals surface area contributed by atoms with Crippen molar-refractivity contribution in [2.24, 2.45) is 0 Å². The lowest BCUT2D eigenvalue weighted by molar-refractivity contribution is -0.112. The van der Waals surface area contributed by atoms with Crippen LogP contribution in [0.1, 0.15) is 12.5 Å². The number of hydrogen-bond donors (Lipinski definition) is 1. The lowest BCUT2D eigenvalue weighted by atomic mass is 10.1. The third kappa shape index (κ3) is 4.01. The van der Waals surface area contributed by atoms with Gasteiger partial charge in [-0.05, 0) is 61.5 Å². The summed E-state index contributed by atoms with van der Waals surface area (Å²) in [5.41, 5.74) is 1.96. The van der Waals surface area contributed by atoms with E-state index in [9.17, 15) is 4.79 Å². The summed E-state index contributed by atoms with van der Waals surface area (Å²) in [4.78, 5) is 12.5. The van der Waals surface area contributed by atoms with Crippen molar-refractivity contribution in [2.75, 3.05) is 19.0 Å². The predicted molar refractivity (Wildman–Crippen MR) is 97.0 cm³/mol. The Morgan fingerprint density at radius 3 is 2.60 bits per heavy atom. The smallest absolute Gasteiger partial charge is 0.255 e. The molecule has 5 heteroatoms. The Morgan fingerprint density at radius 2 is 1.88 bits per heavy atom. The van der Waals surface area contributed by atoms with E-state index < -0.39 is 0 Å². The van der Waals surface area contributed by atoms with Crippen molar-refractivity contribution in [1.82, 2.24) is 0 Å². The number of carbonyl (C=O) groups is 1. The van der Waals surface area contributed by atoms with E-state index >= 15 is 0 Å². The van der Waals surface area contributed by atoms with E-state index in [0.717, 1.165) is 11.3 Å². The first-order chi connectivity index (χ1) is 12.2. The van der Waals surface area contributed by atoms with E-state index in [1.54, 1.807) is 31.4 Å². The average Bonchev–Trinajstić information content (AvgIpc) is 2.85. The molecule has 1 aliphatic rings. The van der Waals surface area contributed by atoms with Gasteiger partial charge in [-0.2, -0.15) is 0 Å². The fourth-order valence-corrected chi connectivity index (χ4v) is 2.42. The van der Waals surface area contributed by atoms with Crippen molar-refractivity contribution in [2.45, 2.75) is 6.92 Å². The van der Waals surface area contributed by atoms with Crippen molar-refractivity contribution >= 4 is 17.7 Å². The van der Waals surface area contributed by atoms with Crippen LogP contribution in [0.4, 0.5) is 5.69 Å². The quantitative estimate of drug-likeness (QED) is 0.895. The van der Waals surface area contributed by atoms with Crippen LogP contribution in [-0.2, 0) is 4.79 Å². The van der Waals surface area contributed by atoms with Gasteiger partial charge in [-0.15, -0.1) is 0 Å². The van der Waals surface area contributed by atoms with Gasteiger partial charge in [0.25, 0.3) is 5.91 Å². The van der Waals surface area contributed by atoms with Crippen LogP contribution < -0.4 is 19.5 Å². The highest BCUT2D eigenvalue weighted by Gasteiger charge is 2.13. The van der Waals surface area contributed by atoms with E-state index in [0.29, 0.717) is 29.4 Å². The van der Waals surface area contributed by atoms with Gasteiger partial charge in [0.2, 0.25) is 0 Å². The first kappa shape index (κ1) is 16.6. The number of anilines is 1. The van der Waals surface area contributed by atoms with E-state index in [4.69, 9.17) is 14.2 Å². The second-order valence-corrected chi connectivity index (χ2v) is 5.34. The number of hydrogen-bond acceptors (Lipinski definition) is 4. The number of nitrogens with one attached hydrogen (secondary N) is 1. The van der Waals surface area contributed by atoms with Gasteiger partial charge in [-0.1, -0.05) is 0 Å². The van der Waals surface area contributed by atoms with Gasteiger partial charge in [-0.25, -0.2) is 0 Å². The number of rotatable bonds is 5. The van der Waals surface area contributed by atoms with E-state index in [2.05, 4.69) is 5.32 Å². The van der Waals surface area contributed by atoms with Crippen LogP contribution in [-0.4, -0.2) is 19.6 Å². The van der Waals surface area contributed by atoms with Crippen molar-refractivity contribution in [3.63, 3.8) is 0 Å². The molecule has 0 fully saturated rings. The fraction of sp³-hybridized carbons (Fsp3) is 0.150. The Balaban J connectivity index is 1.79. The Kier molecular flexibility index (Phi) is 5.04. The Labute approximate surface area is 146 Å². The molecule has 2 aromatic carbocycles. The molecule has 1 amide bonds. The van der Waals surface area contributed by atoms with E-state index in [-0.39, 0.29) is 5.91 Å². The molecule has 0 bridgehead atoms. The fourth-order valence-electron chi connectivity index (χ4n) is 2.42. The second kappa shape index (κ2) is 7.57. The van der Waals surface area contributed by atoms with E-state index in [1.807, 2.05) is 37.3 Å². The Hall–Kier alpha value is -3.21. The zero-order chi connectivity index (χ0) is 17.6. The highest BCUT2D eigenvalue weighted by atomic mass is 16.5. The highest BCUT2D eigenvalue weighted by molar-refractivity contribution is 6.09. The lowest BCUT2D eigenvalue weighted by Crippen LogP contribution is -2.13. The van der Waals surface area contributed by atoms with Crippen molar-refractivity contribution < 1.29 is 19.0 Å². The molecule has 1 aliphatic heterocycles. The molecule has 5 nitrogen and oxygen atoms in total. The number of amides is 1. The summed E-state index contributed by atoms with van der Waals surface area (Å²) in [5, 5.41) is 2.87. The summed E-state index contributed by atoms with van der Waals surface area (Å²) in [5.74, 6) is 1.91. The summed E-state index contributed by atoms with van der Waals surface area (Å²) < 4.78 is 16.2. The molecular weight excluding hydrogens is 318 g/mol. The van der Waals surface area contributed by atoms with Gasteiger partial charge in [0.05, 0.1) is 20.0 Å². The minimum absolute atomic E-state index is 0.223. The number of methoxy groups -OCH3 is 1. The molecule has 128 valence electrons. The number of benzene rings is 2. The molecule has 0 aromatic heterocycles. The van der Waals surface area contributed by atoms with Gasteiger partial charge in [0.15, 0.2) is 0 Å². The summed E-state index contributed by atoms with van der Waals surface area (Å²) >= 11 is 0. The van der Waals surface area contributed by atoms with Gasteiger partial charge in [0, 0.05) is 16.8 Å². The van der Waals surface area contributed by atoms with Crippen LogP contribution >= 0.6 is 0 Å². The van der Waals surface area contributed by atoms with Crippen LogP contribution in [0.5, 0.6) is 17.2 Å². The standard InChI is InChI=1S/C20H19NO4/c1-3-24-17-6-4-16(5-7-17)21-20(22)14-10-11-25-19-9-8-18(23-2)13-15(19)12-14/h4-13H,3H2,1-2H3,(H,21,22). The maximum Gasteiger partial charge on any atom is 0.255 e. The Bertz CT molecular complexity index is 822. The van der Waals surface area contributed by atoms with Gasteiger partial charge >= 0.3 is 0 Å². The molecule has 0 saturated heterocycles. The summed E-state index contributed by atoms with van der Waals surface area (Å²) in [7, 11) is 1.60. The van der Waals surface area contributed by atoms with Crippen LogP contribution in [0.3, 0.4) is 0 Å². The molecule has 0 atom stereocenters. The predicted octanol–water partition coefficient (Wildman–Crippen LogP) is 4.02. The van der Waals surface area contributed by atoms with Gasteiger partial charge in [-0.3, -0.25) is 4.79 Å². The zero-order valence-corrected chi connectivity index (χ0v) is 14.1. The molecule has 0 spiro atoms. The normalized spacial score (nSPS) is 12.3. The molecule has 0 saturated carbocycles. The van der Waals surface area contributed by atoms with Gasteiger partial charge in [0.1, 0.15) is 17.2 Å². The molecule has 1 heterocycles. The minimum atomic E-state index is -0.223. The maximum absolute atomic E-state index is 12.5. The number of fused-ring (bicyclic) bond motifs is 1. The molecule has 25 heavy (non-hydrogen) atoms. The maximum atomic E-state index is 12.5. The van der Waals surface area contributed by atoms with Crippen LogP contribution in [0.2, 0.25) is 0 Å². The van der Waals surface area contributed by atoms with Crippen LogP contribution in [0.25, 0.3) is 6.08 Å². The zero-order valence-electron chi connectivity index (χ0n) is 14.1. The SMILES string of the molecule is CCOc1ccc(NC(=O)C2=Cc3cc(OC)ccc3OC=C2)cc1. The highest BCUT2D eigenvalue weighted by Crippen LogP contribution is 2.29. The summed E-state index contributed by atoms with van der Waals surface area (Å²) in [6, 6.07) is 12.7. The molecule has 0 unspecified atom stereocenters. The minimum Gasteiger partial charge on any atom is -0.497 e. The lowest BCUT2D eigenvalue weighted by Gasteiger charge is -2.08. The molecule has 0 radical (unpaired) electrons. The van der Waals surface area contributed by atoms with Gasteiger partial charge < -0.3 is 19.5 Å². The molecule has 0 aliphatic carbocycles. The van der Waals surface area contributed by atoms with Crippen molar-refractivity contribution in [3.8, 4) is 17.2 Å². The summed E-state index contributed by atoms with van der Waals surface area (Å²) in [6.45, 7) is 2.53. The average molecular weight is 337 g/mol. The first-order valence-electron chi connectivity index (χ1n) is 7.96. The number of ether oxygens (including phenoxy) is 3. The molecule has 2 aromatic rings. The largest absolute Gasteiger partial charge is 0.497 e. The van der Waals surface area contributed by atoms with Crippen molar-refractivity contribution in [3.05, 3.63) is 65.9 Å². The van der Waals surface area contributed by atoms with E-state index in [1.165, 1.54) is 6.26 Å². The molecule has 1 N–H and O–H groups in total. The topological polar surface area (TPSA) is 56.8 Å². The monoisotopic (exact) mass is 337 g/mol. The Morgan fingerprint density at radius 1 is 1.12 bits per heavy atom. The first-order valence-corrected chi connectivity index (χ1v) is 7.96.